The quantitative estimate of drug-likeness (QED) is 0.477. The summed E-state index contributed by atoms with van der Waals surface area (Å²) in [6, 6.07) is 5.94. The molecule has 1 rings (SSSR count). The van der Waals surface area contributed by atoms with E-state index < -0.39 is 14.5 Å². The second-order valence-electron chi connectivity index (χ2n) is 3.11. The van der Waals surface area contributed by atoms with Crippen LogP contribution in [0, 0.1) is 0 Å². The molecule has 0 aromatic heterocycles. The molecule has 0 unspecified atom stereocenters. The predicted octanol–water partition coefficient (Wildman–Crippen LogP) is 0.476. The molecule has 8 heteroatoms. The van der Waals surface area contributed by atoms with Gasteiger partial charge in [-0.15, -0.1) is 0 Å². The molecule has 0 aliphatic heterocycles. The van der Waals surface area contributed by atoms with Crippen molar-refractivity contribution in [2.75, 3.05) is 14.1 Å². The Morgan fingerprint density at radius 2 is 1.81 bits per heavy atom. The van der Waals surface area contributed by atoms with Gasteiger partial charge in [0.1, 0.15) is 0 Å². The average Bonchev–Trinajstić information content (AvgIpc) is 2.14. The zero-order chi connectivity index (χ0) is 12.2. The summed E-state index contributed by atoms with van der Waals surface area (Å²) in [6.45, 7) is 0. The molecule has 0 fully saturated rings. The molecule has 0 atom stereocenters. The fourth-order valence-corrected chi connectivity index (χ4v) is 1.68. The van der Waals surface area contributed by atoms with E-state index >= 15 is 0 Å². The van der Waals surface area contributed by atoms with E-state index in [-0.39, 0.29) is 5.75 Å². The topological polar surface area (TPSA) is 94.7 Å². The molecular weight excluding hydrogens is 277 g/mol. The Labute approximate surface area is 95.7 Å². The summed E-state index contributed by atoms with van der Waals surface area (Å²) in [7, 11) is 3.47. The first-order valence-electron chi connectivity index (χ1n) is 4.31. The van der Waals surface area contributed by atoms with Crippen LogP contribution in [0.1, 0.15) is 0 Å². The molecule has 0 radical (unpaired) electrons. The van der Waals surface area contributed by atoms with Gasteiger partial charge in [0, 0.05) is 0 Å². The number of benzene rings is 1. The van der Waals surface area contributed by atoms with Gasteiger partial charge in [-0.25, -0.2) is 0 Å². The molecule has 0 bridgehead atoms. The summed E-state index contributed by atoms with van der Waals surface area (Å²) in [5, 5.41) is 9.15. The monoisotopic (exact) mass is 289 g/mol. The number of hydrogen-bond acceptors (Lipinski definition) is 4. The molecule has 0 spiro atoms. The van der Waals surface area contributed by atoms with Crippen LogP contribution < -0.4 is 3.73 Å². The molecule has 7 nitrogen and oxygen atoms in total. The summed E-state index contributed by atoms with van der Waals surface area (Å²) in [5.41, 5.74) is 0.569. The average molecular weight is 289 g/mol. The van der Waals surface area contributed by atoms with Crippen LogP contribution >= 0.6 is 0 Å². The van der Waals surface area contributed by atoms with Gasteiger partial charge >= 0.3 is 95.3 Å². The zero-order valence-electron chi connectivity index (χ0n) is 8.81. The van der Waals surface area contributed by atoms with Crippen LogP contribution in [0.5, 0.6) is 5.75 Å². The third-order valence-corrected chi connectivity index (χ3v) is 2.34. The Bertz CT molecular complexity index is 412. The summed E-state index contributed by atoms with van der Waals surface area (Å²) >= 11 is -5.08. The maximum atomic E-state index is 10.6. The molecule has 0 aliphatic rings. The summed E-state index contributed by atoms with van der Waals surface area (Å²) in [5.74, 6) is 0.108. The molecule has 0 heterocycles. The van der Waals surface area contributed by atoms with Crippen LogP contribution in [-0.2, 0) is 3.74 Å². The standard InChI is InChI=1S/C8H12AsN3O4/c1-12(2)11-10-7-3-5-8(6-4-7)16-9(13,14)15/h3-6H,1-2H3,(H2,13,14,15). The summed E-state index contributed by atoms with van der Waals surface area (Å²) in [4.78, 5) is 0. The van der Waals surface area contributed by atoms with Crippen molar-refractivity contribution in [2.45, 2.75) is 0 Å². The van der Waals surface area contributed by atoms with Crippen LogP contribution in [0.15, 0.2) is 34.6 Å². The van der Waals surface area contributed by atoms with E-state index in [1.165, 1.54) is 17.1 Å². The van der Waals surface area contributed by atoms with Crippen molar-refractivity contribution in [3.05, 3.63) is 24.3 Å². The van der Waals surface area contributed by atoms with Crippen LogP contribution in [0.25, 0.3) is 0 Å². The molecule has 0 aliphatic carbocycles. The van der Waals surface area contributed by atoms with Crippen LogP contribution in [-0.4, -0.2) is 41.8 Å². The van der Waals surface area contributed by atoms with E-state index in [0.717, 1.165) is 0 Å². The van der Waals surface area contributed by atoms with Gasteiger partial charge in [0.2, 0.25) is 0 Å². The van der Waals surface area contributed by atoms with Gasteiger partial charge in [-0.1, -0.05) is 0 Å². The van der Waals surface area contributed by atoms with Gasteiger partial charge in [-0.05, 0) is 0 Å². The van der Waals surface area contributed by atoms with Crippen LogP contribution in [0.4, 0.5) is 5.69 Å². The van der Waals surface area contributed by atoms with Crippen molar-refractivity contribution in [3.63, 3.8) is 0 Å². The number of rotatable bonds is 4. The minimum atomic E-state index is -5.08. The molecule has 88 valence electrons. The molecule has 1 aromatic rings. The molecule has 0 saturated heterocycles. The number of nitrogens with zero attached hydrogens (tertiary/aromatic N) is 3. The first-order chi connectivity index (χ1) is 7.37. The first-order valence-corrected chi connectivity index (χ1v) is 7.52. The first kappa shape index (κ1) is 12.8. The fraction of sp³-hybridized carbons (Fsp3) is 0.250. The Morgan fingerprint density at radius 3 is 2.25 bits per heavy atom. The molecule has 1 aromatic carbocycles. The molecular formula is C8H12AsN3O4. The van der Waals surface area contributed by atoms with Crippen LogP contribution in [0.2, 0.25) is 0 Å². The minimum absolute atomic E-state index is 0.108. The van der Waals surface area contributed by atoms with Crippen molar-refractivity contribution in [1.82, 2.24) is 5.01 Å². The molecule has 2 N–H and O–H groups in total. The Morgan fingerprint density at radius 1 is 1.25 bits per heavy atom. The molecule has 16 heavy (non-hydrogen) atoms. The number of hydrogen-bond donors (Lipinski definition) is 2. The summed E-state index contributed by atoms with van der Waals surface area (Å²) < 4.78 is 32.2. The third kappa shape index (κ3) is 4.97. The SMILES string of the molecule is CN(C)N=Nc1ccc(O[As](=O)(O)O)cc1. The normalized spacial score (nSPS) is 11.8. The predicted molar refractivity (Wildman–Crippen MR) is 56.2 cm³/mol. The van der Waals surface area contributed by atoms with Crippen molar-refractivity contribution in [3.8, 4) is 5.75 Å². The van der Waals surface area contributed by atoms with E-state index in [1.54, 1.807) is 26.2 Å². The second-order valence-corrected chi connectivity index (χ2v) is 5.55. The van der Waals surface area contributed by atoms with E-state index in [0.29, 0.717) is 5.69 Å². The van der Waals surface area contributed by atoms with E-state index in [1.807, 2.05) is 0 Å². The fourth-order valence-electron chi connectivity index (χ4n) is 0.852. The van der Waals surface area contributed by atoms with Gasteiger partial charge in [0.15, 0.2) is 0 Å². The third-order valence-electron chi connectivity index (χ3n) is 1.40. The van der Waals surface area contributed by atoms with Gasteiger partial charge < -0.3 is 0 Å². The maximum absolute atomic E-state index is 10.6. The Hall–Kier alpha value is -1.30. The van der Waals surface area contributed by atoms with Crippen molar-refractivity contribution >= 4 is 20.2 Å². The van der Waals surface area contributed by atoms with Crippen LogP contribution in [0.3, 0.4) is 0 Å². The van der Waals surface area contributed by atoms with E-state index in [9.17, 15) is 3.74 Å². The van der Waals surface area contributed by atoms with E-state index in [4.69, 9.17) is 8.19 Å². The second kappa shape index (κ2) is 5.16. The summed E-state index contributed by atoms with van der Waals surface area (Å²) in [6.07, 6.45) is 0. The van der Waals surface area contributed by atoms with Gasteiger partial charge in [0.05, 0.1) is 0 Å². The molecule has 0 saturated carbocycles. The van der Waals surface area contributed by atoms with Gasteiger partial charge in [0.25, 0.3) is 0 Å². The van der Waals surface area contributed by atoms with Crippen molar-refractivity contribution in [2.24, 2.45) is 10.3 Å². The van der Waals surface area contributed by atoms with Gasteiger partial charge in [-0.2, -0.15) is 0 Å². The zero-order valence-corrected chi connectivity index (χ0v) is 10.7. The van der Waals surface area contributed by atoms with Crippen molar-refractivity contribution in [1.29, 1.82) is 0 Å². The van der Waals surface area contributed by atoms with E-state index in [2.05, 4.69) is 14.1 Å². The molecule has 0 amide bonds. The Balaban J connectivity index is 2.72. The van der Waals surface area contributed by atoms with Gasteiger partial charge in [-0.3, -0.25) is 0 Å². The Kier molecular flexibility index (Phi) is 4.11. The van der Waals surface area contributed by atoms with Crippen molar-refractivity contribution < 1.29 is 15.7 Å².